The summed E-state index contributed by atoms with van der Waals surface area (Å²) < 4.78 is 10.5. The van der Waals surface area contributed by atoms with Gasteiger partial charge in [-0.05, 0) is 37.3 Å². The third-order valence-corrected chi connectivity index (χ3v) is 4.88. The van der Waals surface area contributed by atoms with Crippen molar-refractivity contribution >= 4 is 29.3 Å². The molecule has 0 aliphatic rings. The molecule has 0 saturated carbocycles. The number of halogens is 1. The van der Waals surface area contributed by atoms with Gasteiger partial charge >= 0.3 is 5.97 Å². The predicted molar refractivity (Wildman–Crippen MR) is 96.8 cm³/mol. The van der Waals surface area contributed by atoms with Crippen LogP contribution in [0.2, 0.25) is 5.02 Å². The minimum absolute atomic E-state index is 0.0864. The predicted octanol–water partition coefficient (Wildman–Crippen LogP) is 5.03. The first-order chi connectivity index (χ1) is 12.1. The lowest BCUT2D eigenvalue weighted by atomic mass is 10.2. The standard InChI is InChI=1S/C18H15ClN2O3S/c1-11(16-20-21-17(24-16)12-6-4-3-5-7-12)25-13-8-9-15(19)14(10-13)18(22)23-2/h3-11H,1-2H3/t11-/m0/s1. The van der Waals surface area contributed by atoms with Crippen molar-refractivity contribution in [2.75, 3.05) is 7.11 Å². The number of aromatic nitrogens is 2. The number of rotatable bonds is 5. The molecule has 5 nitrogen and oxygen atoms in total. The summed E-state index contributed by atoms with van der Waals surface area (Å²) in [5.74, 6) is 0.525. The number of esters is 1. The Morgan fingerprint density at radius 3 is 2.68 bits per heavy atom. The number of thioether (sulfide) groups is 1. The molecular formula is C18H15ClN2O3S. The van der Waals surface area contributed by atoms with E-state index in [1.165, 1.54) is 18.9 Å². The number of nitrogens with zero attached hydrogens (tertiary/aromatic N) is 2. The van der Waals surface area contributed by atoms with Gasteiger partial charge in [0.05, 0.1) is 22.9 Å². The van der Waals surface area contributed by atoms with Crippen LogP contribution in [0.1, 0.15) is 28.4 Å². The third kappa shape index (κ3) is 4.03. The maximum Gasteiger partial charge on any atom is 0.339 e. The molecule has 3 rings (SSSR count). The lowest BCUT2D eigenvalue weighted by Gasteiger charge is -2.09. The van der Waals surface area contributed by atoms with Crippen LogP contribution in [0, 0.1) is 0 Å². The van der Waals surface area contributed by atoms with Crippen LogP contribution in [-0.4, -0.2) is 23.3 Å². The van der Waals surface area contributed by atoms with Crippen molar-refractivity contribution < 1.29 is 13.9 Å². The van der Waals surface area contributed by atoms with E-state index in [0.717, 1.165) is 10.5 Å². The summed E-state index contributed by atoms with van der Waals surface area (Å²) in [6.45, 7) is 1.96. The Kier molecular flexibility index (Phi) is 5.40. The van der Waals surface area contributed by atoms with Crippen molar-refractivity contribution in [2.45, 2.75) is 17.1 Å². The molecule has 0 unspecified atom stereocenters. The topological polar surface area (TPSA) is 65.2 Å². The summed E-state index contributed by atoms with van der Waals surface area (Å²) in [6, 6.07) is 14.8. The average molecular weight is 375 g/mol. The van der Waals surface area contributed by atoms with Gasteiger partial charge in [0.1, 0.15) is 0 Å². The molecule has 0 bridgehead atoms. The molecule has 1 aromatic heterocycles. The molecule has 25 heavy (non-hydrogen) atoms. The lowest BCUT2D eigenvalue weighted by molar-refractivity contribution is 0.0600. The van der Waals surface area contributed by atoms with Crippen LogP contribution in [0.25, 0.3) is 11.5 Å². The average Bonchev–Trinajstić information content (AvgIpc) is 3.14. The van der Waals surface area contributed by atoms with E-state index < -0.39 is 5.97 Å². The SMILES string of the molecule is COC(=O)c1cc(S[C@@H](C)c2nnc(-c3ccccc3)o2)ccc1Cl. The van der Waals surface area contributed by atoms with E-state index in [0.29, 0.717) is 22.4 Å². The molecule has 128 valence electrons. The van der Waals surface area contributed by atoms with Gasteiger partial charge in [0.25, 0.3) is 0 Å². The van der Waals surface area contributed by atoms with E-state index in [2.05, 4.69) is 10.2 Å². The Morgan fingerprint density at radius 1 is 1.20 bits per heavy atom. The first-order valence-electron chi connectivity index (χ1n) is 7.52. The van der Waals surface area contributed by atoms with Crippen LogP contribution in [-0.2, 0) is 4.74 Å². The number of hydrogen-bond donors (Lipinski definition) is 0. The van der Waals surface area contributed by atoms with Crippen LogP contribution in [0.15, 0.2) is 57.8 Å². The van der Waals surface area contributed by atoms with Crippen LogP contribution in [0.3, 0.4) is 0 Å². The van der Waals surface area contributed by atoms with Gasteiger partial charge in [0.2, 0.25) is 11.8 Å². The third-order valence-electron chi connectivity index (χ3n) is 3.47. The zero-order chi connectivity index (χ0) is 17.8. The van der Waals surface area contributed by atoms with Crippen molar-refractivity contribution in [3.8, 4) is 11.5 Å². The van der Waals surface area contributed by atoms with Crippen molar-refractivity contribution in [2.24, 2.45) is 0 Å². The van der Waals surface area contributed by atoms with Gasteiger partial charge < -0.3 is 9.15 Å². The molecule has 1 heterocycles. The minimum atomic E-state index is -0.468. The molecule has 0 N–H and O–H groups in total. The Balaban J connectivity index is 1.78. The second-order valence-corrected chi connectivity index (χ2v) is 7.03. The second-order valence-electron chi connectivity index (χ2n) is 5.20. The molecule has 0 saturated heterocycles. The molecule has 7 heteroatoms. The largest absolute Gasteiger partial charge is 0.465 e. The number of carbonyl (C=O) groups excluding carboxylic acids is 1. The lowest BCUT2D eigenvalue weighted by Crippen LogP contribution is -2.02. The molecule has 0 spiro atoms. The van der Waals surface area contributed by atoms with Gasteiger partial charge in [-0.15, -0.1) is 22.0 Å². The number of benzene rings is 2. The van der Waals surface area contributed by atoms with Gasteiger partial charge in [-0.2, -0.15) is 0 Å². The van der Waals surface area contributed by atoms with Crippen molar-refractivity contribution in [1.29, 1.82) is 0 Å². The van der Waals surface area contributed by atoms with Gasteiger partial charge in [0, 0.05) is 10.5 Å². The van der Waals surface area contributed by atoms with Crippen LogP contribution in [0.4, 0.5) is 0 Å². The molecule has 0 radical (unpaired) electrons. The number of methoxy groups -OCH3 is 1. The molecule has 0 aliphatic heterocycles. The van der Waals surface area contributed by atoms with Gasteiger partial charge in [-0.1, -0.05) is 29.8 Å². The minimum Gasteiger partial charge on any atom is -0.465 e. The fourth-order valence-electron chi connectivity index (χ4n) is 2.19. The molecular weight excluding hydrogens is 360 g/mol. The normalized spacial score (nSPS) is 12.0. The monoisotopic (exact) mass is 374 g/mol. The Bertz CT molecular complexity index is 883. The zero-order valence-corrected chi connectivity index (χ0v) is 15.2. The summed E-state index contributed by atoms with van der Waals surface area (Å²) >= 11 is 7.54. The molecule has 0 amide bonds. The van der Waals surface area contributed by atoms with Crippen LogP contribution < -0.4 is 0 Å². The van der Waals surface area contributed by atoms with Crippen LogP contribution in [0.5, 0.6) is 0 Å². The molecule has 0 fully saturated rings. The molecule has 1 atom stereocenters. The molecule has 0 aliphatic carbocycles. The summed E-state index contributed by atoms with van der Waals surface area (Å²) in [5.41, 5.74) is 1.20. The van der Waals surface area contributed by atoms with Crippen LogP contribution >= 0.6 is 23.4 Å². The number of hydrogen-bond acceptors (Lipinski definition) is 6. The number of ether oxygens (including phenoxy) is 1. The Hall–Kier alpha value is -2.31. The van der Waals surface area contributed by atoms with E-state index >= 15 is 0 Å². The quantitative estimate of drug-likeness (QED) is 0.461. The molecule has 2 aromatic carbocycles. The maximum absolute atomic E-state index is 11.7. The summed E-state index contributed by atoms with van der Waals surface area (Å²) in [7, 11) is 1.32. The van der Waals surface area contributed by atoms with Crippen molar-refractivity contribution in [1.82, 2.24) is 10.2 Å². The van der Waals surface area contributed by atoms with Crippen molar-refractivity contribution in [3.63, 3.8) is 0 Å². The highest BCUT2D eigenvalue weighted by atomic mass is 35.5. The fourth-order valence-corrected chi connectivity index (χ4v) is 3.33. The smallest absolute Gasteiger partial charge is 0.339 e. The van der Waals surface area contributed by atoms with E-state index in [1.54, 1.807) is 12.1 Å². The summed E-state index contributed by atoms with van der Waals surface area (Å²) in [6.07, 6.45) is 0. The number of carbonyl (C=O) groups is 1. The highest BCUT2D eigenvalue weighted by molar-refractivity contribution is 7.99. The van der Waals surface area contributed by atoms with E-state index in [-0.39, 0.29) is 5.25 Å². The second kappa shape index (κ2) is 7.72. The fraction of sp³-hybridized carbons (Fsp3) is 0.167. The summed E-state index contributed by atoms with van der Waals surface area (Å²) in [4.78, 5) is 12.6. The zero-order valence-electron chi connectivity index (χ0n) is 13.6. The first-order valence-corrected chi connectivity index (χ1v) is 8.77. The van der Waals surface area contributed by atoms with Gasteiger partial charge in [0.15, 0.2) is 0 Å². The van der Waals surface area contributed by atoms with E-state index in [9.17, 15) is 4.79 Å². The van der Waals surface area contributed by atoms with Gasteiger partial charge in [-0.3, -0.25) is 0 Å². The van der Waals surface area contributed by atoms with E-state index in [4.69, 9.17) is 20.8 Å². The van der Waals surface area contributed by atoms with E-state index in [1.807, 2.05) is 43.3 Å². The Labute approximate surface area is 154 Å². The summed E-state index contributed by atoms with van der Waals surface area (Å²) in [5, 5.41) is 8.49. The van der Waals surface area contributed by atoms with Gasteiger partial charge in [-0.25, -0.2) is 4.79 Å². The molecule has 3 aromatic rings. The highest BCUT2D eigenvalue weighted by Gasteiger charge is 2.18. The Morgan fingerprint density at radius 2 is 1.96 bits per heavy atom. The first kappa shape index (κ1) is 17.5. The highest BCUT2D eigenvalue weighted by Crippen LogP contribution is 2.36. The van der Waals surface area contributed by atoms with Crippen molar-refractivity contribution in [3.05, 3.63) is 65.0 Å². The maximum atomic E-state index is 11.7.